The van der Waals surface area contributed by atoms with Crippen LogP contribution in [0.1, 0.15) is 25.1 Å². The van der Waals surface area contributed by atoms with Crippen molar-refractivity contribution < 1.29 is 13.6 Å². The minimum atomic E-state index is -0.732. The van der Waals surface area contributed by atoms with Crippen LogP contribution in [0.3, 0.4) is 0 Å². The van der Waals surface area contributed by atoms with Crippen molar-refractivity contribution in [1.82, 2.24) is 24.6 Å². The first-order valence-corrected chi connectivity index (χ1v) is 11.8. The lowest BCUT2D eigenvalue weighted by molar-refractivity contribution is -0.131. The Morgan fingerprint density at radius 3 is 2.77 bits per heavy atom. The summed E-state index contributed by atoms with van der Waals surface area (Å²) in [7, 11) is 0. The van der Waals surface area contributed by atoms with Crippen molar-refractivity contribution in [2.45, 2.75) is 25.7 Å². The van der Waals surface area contributed by atoms with Crippen molar-refractivity contribution in [3.63, 3.8) is 0 Å². The van der Waals surface area contributed by atoms with Crippen LogP contribution in [0.25, 0.3) is 27.7 Å². The third kappa shape index (κ3) is 4.00. The van der Waals surface area contributed by atoms with Gasteiger partial charge in [0.05, 0.1) is 11.2 Å². The smallest absolute Gasteiger partial charge is 0.342 e. The SMILES string of the molecule is O=C(C1CC1)N1CC[C@@H](Cc2n[nH]c(=O)n2-c2cc(F)c(-c3ccc4cccnc4c3)cc2F)C1. The van der Waals surface area contributed by atoms with Crippen molar-refractivity contribution in [3.8, 4) is 16.8 Å². The highest BCUT2D eigenvalue weighted by molar-refractivity contribution is 5.84. The highest BCUT2D eigenvalue weighted by atomic mass is 19.1. The lowest BCUT2D eigenvalue weighted by Gasteiger charge is -2.16. The van der Waals surface area contributed by atoms with E-state index < -0.39 is 17.3 Å². The summed E-state index contributed by atoms with van der Waals surface area (Å²) in [6, 6.07) is 11.1. The van der Waals surface area contributed by atoms with Gasteiger partial charge in [-0.25, -0.2) is 23.2 Å². The Labute approximate surface area is 199 Å². The quantitative estimate of drug-likeness (QED) is 0.475. The molecule has 0 unspecified atom stereocenters. The number of carbonyl (C=O) groups is 1. The predicted molar refractivity (Wildman–Crippen MR) is 126 cm³/mol. The fourth-order valence-corrected chi connectivity index (χ4v) is 4.92. The van der Waals surface area contributed by atoms with E-state index in [0.717, 1.165) is 41.3 Å². The van der Waals surface area contributed by atoms with Crippen LogP contribution in [0.4, 0.5) is 8.78 Å². The molecule has 178 valence electrons. The lowest BCUT2D eigenvalue weighted by atomic mass is 10.0. The number of amides is 1. The van der Waals surface area contributed by atoms with Gasteiger partial charge in [0.2, 0.25) is 5.91 Å². The maximum Gasteiger partial charge on any atom is 0.348 e. The highest BCUT2D eigenvalue weighted by Crippen LogP contribution is 2.34. The Kier molecular flexibility index (Phi) is 5.20. The second-order valence-corrected chi connectivity index (χ2v) is 9.39. The molecule has 0 spiro atoms. The number of benzene rings is 2. The van der Waals surface area contributed by atoms with Crippen LogP contribution >= 0.6 is 0 Å². The maximum absolute atomic E-state index is 15.3. The number of aromatic nitrogens is 4. The molecule has 1 atom stereocenters. The van der Waals surface area contributed by atoms with Crippen LogP contribution < -0.4 is 5.69 Å². The first-order valence-electron chi connectivity index (χ1n) is 11.8. The number of nitrogens with zero attached hydrogens (tertiary/aromatic N) is 4. The summed E-state index contributed by atoms with van der Waals surface area (Å²) >= 11 is 0. The summed E-state index contributed by atoms with van der Waals surface area (Å²) in [6.07, 6.45) is 4.72. The van der Waals surface area contributed by atoms with E-state index in [9.17, 15) is 9.59 Å². The third-order valence-corrected chi connectivity index (χ3v) is 6.93. The van der Waals surface area contributed by atoms with Crippen LogP contribution in [0.15, 0.2) is 53.5 Å². The molecule has 0 bridgehead atoms. The second kappa shape index (κ2) is 8.41. The van der Waals surface area contributed by atoms with Gasteiger partial charge in [0.25, 0.3) is 0 Å². The van der Waals surface area contributed by atoms with Crippen LogP contribution in [0.2, 0.25) is 0 Å². The van der Waals surface area contributed by atoms with E-state index in [-0.39, 0.29) is 29.0 Å². The van der Waals surface area contributed by atoms with Crippen molar-refractivity contribution in [3.05, 3.63) is 76.6 Å². The van der Waals surface area contributed by atoms with E-state index in [2.05, 4.69) is 15.2 Å². The average Bonchev–Trinajstić information content (AvgIpc) is 3.51. The van der Waals surface area contributed by atoms with E-state index in [1.807, 2.05) is 17.0 Å². The number of hydrogen-bond acceptors (Lipinski definition) is 4. The molecular formula is C26H23F2N5O2. The molecule has 1 N–H and O–H groups in total. The van der Waals surface area contributed by atoms with Crippen LogP contribution in [0.5, 0.6) is 0 Å². The minimum absolute atomic E-state index is 0.0851. The predicted octanol–water partition coefficient (Wildman–Crippen LogP) is 3.86. The Morgan fingerprint density at radius 2 is 1.94 bits per heavy atom. The number of rotatable bonds is 5. The molecule has 1 amide bonds. The number of aromatic amines is 1. The number of halogens is 2. The molecule has 0 radical (unpaired) electrons. The molecule has 7 nitrogen and oxygen atoms in total. The molecular weight excluding hydrogens is 452 g/mol. The molecule has 4 aromatic rings. The summed E-state index contributed by atoms with van der Waals surface area (Å²) in [5.41, 5.74) is 0.424. The van der Waals surface area contributed by atoms with Crippen LogP contribution in [0, 0.1) is 23.5 Å². The van der Waals surface area contributed by atoms with E-state index in [1.165, 1.54) is 0 Å². The minimum Gasteiger partial charge on any atom is -0.342 e. The number of hydrogen-bond donors (Lipinski definition) is 1. The van der Waals surface area contributed by atoms with Crippen molar-refractivity contribution in [2.75, 3.05) is 13.1 Å². The summed E-state index contributed by atoms with van der Waals surface area (Å²) < 4.78 is 31.6. The van der Waals surface area contributed by atoms with Gasteiger partial charge >= 0.3 is 5.69 Å². The molecule has 1 saturated heterocycles. The Bertz CT molecular complexity index is 1510. The Balaban J connectivity index is 1.29. The van der Waals surface area contributed by atoms with Gasteiger partial charge in [-0.1, -0.05) is 18.2 Å². The number of fused-ring (bicyclic) bond motifs is 1. The average molecular weight is 475 g/mol. The first-order chi connectivity index (χ1) is 17.0. The molecule has 2 aromatic heterocycles. The normalized spacial score (nSPS) is 17.9. The standard InChI is InChI=1S/C26H23F2N5O2/c27-20-13-23(21(28)12-19(20)18-6-3-16-2-1-8-29-22(16)11-18)33-24(30-31-26(33)35)10-15-7-9-32(14-15)25(34)17-4-5-17/h1-3,6,8,11-13,15,17H,4-5,7,9-10,14H2,(H,31,35)/t15-/m0/s1. The van der Waals surface area contributed by atoms with Crippen LogP contribution in [-0.2, 0) is 11.2 Å². The van der Waals surface area contributed by atoms with E-state index in [4.69, 9.17) is 0 Å². The van der Waals surface area contributed by atoms with Gasteiger partial charge in [-0.15, -0.1) is 0 Å². The topological polar surface area (TPSA) is 83.9 Å². The number of carbonyl (C=O) groups excluding carboxylic acids is 1. The highest BCUT2D eigenvalue weighted by Gasteiger charge is 2.37. The van der Waals surface area contributed by atoms with Crippen LogP contribution in [-0.4, -0.2) is 43.6 Å². The zero-order valence-electron chi connectivity index (χ0n) is 18.9. The zero-order valence-corrected chi connectivity index (χ0v) is 18.9. The second-order valence-electron chi connectivity index (χ2n) is 9.39. The van der Waals surface area contributed by atoms with Gasteiger partial charge < -0.3 is 4.90 Å². The number of H-pyrrole nitrogens is 1. The molecule has 2 aromatic carbocycles. The summed E-state index contributed by atoms with van der Waals surface area (Å²) in [6.45, 7) is 1.26. The molecule has 2 fully saturated rings. The largest absolute Gasteiger partial charge is 0.348 e. The Hall–Kier alpha value is -3.88. The third-order valence-electron chi connectivity index (χ3n) is 6.93. The van der Waals surface area contributed by atoms with E-state index >= 15 is 8.78 Å². The number of pyridine rings is 1. The van der Waals surface area contributed by atoms with Gasteiger partial charge in [-0.2, -0.15) is 5.10 Å². The van der Waals surface area contributed by atoms with Crippen molar-refractivity contribution in [1.29, 1.82) is 0 Å². The number of likely N-dealkylation sites (tertiary alicyclic amines) is 1. The lowest BCUT2D eigenvalue weighted by Crippen LogP contribution is -2.30. The maximum atomic E-state index is 15.3. The number of nitrogens with one attached hydrogen (secondary N) is 1. The van der Waals surface area contributed by atoms with Gasteiger partial charge in [0.15, 0.2) is 0 Å². The zero-order chi connectivity index (χ0) is 24.1. The van der Waals surface area contributed by atoms with E-state index in [0.29, 0.717) is 36.4 Å². The van der Waals surface area contributed by atoms with Gasteiger partial charge in [-0.05, 0) is 48.9 Å². The van der Waals surface area contributed by atoms with Crippen molar-refractivity contribution >= 4 is 16.8 Å². The molecule has 3 heterocycles. The fourth-order valence-electron chi connectivity index (χ4n) is 4.92. The van der Waals surface area contributed by atoms with Crippen molar-refractivity contribution in [2.24, 2.45) is 11.8 Å². The molecule has 1 saturated carbocycles. The summed E-state index contributed by atoms with van der Waals surface area (Å²) in [5, 5.41) is 7.34. The monoisotopic (exact) mass is 475 g/mol. The van der Waals surface area contributed by atoms with Gasteiger partial charge in [0, 0.05) is 48.6 Å². The molecule has 35 heavy (non-hydrogen) atoms. The van der Waals surface area contributed by atoms with E-state index in [1.54, 1.807) is 24.4 Å². The molecule has 1 aliphatic carbocycles. The fraction of sp³-hybridized carbons (Fsp3) is 0.308. The molecule has 9 heteroatoms. The van der Waals surface area contributed by atoms with Gasteiger partial charge in [-0.3, -0.25) is 9.78 Å². The first kappa shape index (κ1) is 21.6. The van der Waals surface area contributed by atoms with Gasteiger partial charge in [0.1, 0.15) is 17.5 Å². The Morgan fingerprint density at radius 1 is 1.09 bits per heavy atom. The molecule has 6 rings (SSSR count). The summed E-state index contributed by atoms with van der Waals surface area (Å²) in [4.78, 5) is 31.0. The molecule has 2 aliphatic rings. The molecule has 1 aliphatic heterocycles. The summed E-state index contributed by atoms with van der Waals surface area (Å²) in [5.74, 6) is -0.613.